The summed E-state index contributed by atoms with van der Waals surface area (Å²) < 4.78 is 12.5. The number of amides is 2. The molecular formula is C32H52N2O6. The zero-order chi connectivity index (χ0) is 29.1. The van der Waals surface area contributed by atoms with Gasteiger partial charge in [-0.25, -0.2) is 0 Å². The SMILES string of the molecule is CC(/C=C/[C@@H]1C[C@H](CO)C[C@@H](CC(=O)NC2CCCCC2)O1)=C\C[C@@H]1O[C@H](C)[C@H](NC(=O)/C=C\[C@H](C)O)C[C@@H]1C. The van der Waals surface area contributed by atoms with Crippen molar-refractivity contribution in [3.8, 4) is 0 Å². The number of ether oxygens (including phenoxy) is 2. The molecular weight excluding hydrogens is 508 g/mol. The first kappa shape index (κ1) is 32.5. The van der Waals surface area contributed by atoms with E-state index in [4.69, 9.17) is 9.47 Å². The Bertz CT molecular complexity index is 894. The van der Waals surface area contributed by atoms with E-state index < -0.39 is 6.10 Å². The van der Waals surface area contributed by atoms with Crippen LogP contribution in [0.25, 0.3) is 0 Å². The van der Waals surface area contributed by atoms with Crippen LogP contribution in [0.4, 0.5) is 0 Å². The van der Waals surface area contributed by atoms with Gasteiger partial charge in [0, 0.05) is 18.7 Å². The van der Waals surface area contributed by atoms with Gasteiger partial charge in [-0.15, -0.1) is 0 Å². The van der Waals surface area contributed by atoms with Crippen molar-refractivity contribution in [1.29, 1.82) is 0 Å². The van der Waals surface area contributed by atoms with Crippen LogP contribution < -0.4 is 10.6 Å². The van der Waals surface area contributed by atoms with Gasteiger partial charge in [0.15, 0.2) is 0 Å². The second-order valence-corrected chi connectivity index (χ2v) is 12.3. The Morgan fingerprint density at radius 2 is 1.77 bits per heavy atom. The van der Waals surface area contributed by atoms with Crippen LogP contribution in [0.1, 0.15) is 91.9 Å². The summed E-state index contributed by atoms with van der Waals surface area (Å²) in [6.45, 7) is 7.92. The van der Waals surface area contributed by atoms with Gasteiger partial charge in [0.2, 0.25) is 11.8 Å². The van der Waals surface area contributed by atoms with Gasteiger partial charge in [-0.2, -0.15) is 0 Å². The lowest BCUT2D eigenvalue weighted by atomic mass is 9.88. The van der Waals surface area contributed by atoms with E-state index in [0.29, 0.717) is 18.9 Å². The normalized spacial score (nSPS) is 33.2. The van der Waals surface area contributed by atoms with Gasteiger partial charge in [0.05, 0.1) is 43.0 Å². The summed E-state index contributed by atoms with van der Waals surface area (Å²) in [5, 5.41) is 25.4. The fourth-order valence-corrected chi connectivity index (χ4v) is 6.10. The molecule has 2 heterocycles. The van der Waals surface area contributed by atoms with Gasteiger partial charge in [-0.1, -0.05) is 56.1 Å². The summed E-state index contributed by atoms with van der Waals surface area (Å²) in [4.78, 5) is 24.8. The largest absolute Gasteiger partial charge is 0.396 e. The van der Waals surface area contributed by atoms with Gasteiger partial charge in [-0.05, 0) is 71.1 Å². The Labute approximate surface area is 240 Å². The van der Waals surface area contributed by atoms with Gasteiger partial charge >= 0.3 is 0 Å². The number of carbonyl (C=O) groups is 2. The topological polar surface area (TPSA) is 117 Å². The van der Waals surface area contributed by atoms with E-state index in [1.165, 1.54) is 31.4 Å². The van der Waals surface area contributed by atoms with Crippen LogP contribution in [0, 0.1) is 11.8 Å². The first-order chi connectivity index (χ1) is 19.1. The van der Waals surface area contributed by atoms with Crippen LogP contribution in [0.2, 0.25) is 0 Å². The molecule has 0 bridgehead atoms. The molecule has 0 aromatic carbocycles. The molecule has 3 fully saturated rings. The van der Waals surface area contributed by atoms with E-state index in [9.17, 15) is 19.8 Å². The molecule has 2 saturated heterocycles. The maximum atomic E-state index is 12.6. The van der Waals surface area contributed by atoms with Gasteiger partial charge in [0.25, 0.3) is 0 Å². The average Bonchev–Trinajstić information content (AvgIpc) is 2.92. The van der Waals surface area contributed by atoms with E-state index in [0.717, 1.165) is 37.7 Å². The summed E-state index contributed by atoms with van der Waals surface area (Å²) in [7, 11) is 0. The molecule has 3 aliphatic rings. The zero-order valence-corrected chi connectivity index (χ0v) is 24.9. The quantitative estimate of drug-likeness (QED) is 0.223. The number of aliphatic hydroxyl groups is 2. The molecule has 8 heteroatoms. The van der Waals surface area contributed by atoms with Gasteiger partial charge in [0.1, 0.15) is 0 Å². The van der Waals surface area contributed by atoms with Crippen molar-refractivity contribution in [2.45, 2.75) is 135 Å². The van der Waals surface area contributed by atoms with Gasteiger partial charge < -0.3 is 30.3 Å². The Morgan fingerprint density at radius 3 is 2.48 bits per heavy atom. The molecule has 0 spiro atoms. The molecule has 0 radical (unpaired) electrons. The highest BCUT2D eigenvalue weighted by molar-refractivity contribution is 5.87. The molecule has 2 amide bonds. The molecule has 8 nitrogen and oxygen atoms in total. The van der Waals surface area contributed by atoms with Crippen molar-refractivity contribution >= 4 is 11.8 Å². The van der Waals surface area contributed by atoms with Crippen LogP contribution in [-0.2, 0) is 19.1 Å². The summed E-state index contributed by atoms with van der Waals surface area (Å²) in [5.74, 6) is 0.258. The lowest BCUT2D eigenvalue weighted by Gasteiger charge is -2.39. The first-order valence-electron chi connectivity index (χ1n) is 15.4. The molecule has 226 valence electrons. The Balaban J connectivity index is 1.47. The summed E-state index contributed by atoms with van der Waals surface area (Å²) in [6, 6.07) is 0.228. The average molecular weight is 561 g/mol. The third-order valence-electron chi connectivity index (χ3n) is 8.49. The van der Waals surface area contributed by atoms with Crippen molar-refractivity contribution in [1.82, 2.24) is 10.6 Å². The zero-order valence-electron chi connectivity index (χ0n) is 24.9. The van der Waals surface area contributed by atoms with Crippen molar-refractivity contribution in [2.75, 3.05) is 6.61 Å². The second-order valence-electron chi connectivity index (χ2n) is 12.3. The lowest BCUT2D eigenvalue weighted by Crippen LogP contribution is -2.50. The minimum atomic E-state index is -0.655. The van der Waals surface area contributed by atoms with Crippen molar-refractivity contribution in [3.05, 3.63) is 36.0 Å². The molecule has 1 aliphatic carbocycles. The number of allylic oxidation sites excluding steroid dienone is 2. The van der Waals surface area contributed by atoms with Crippen LogP contribution >= 0.6 is 0 Å². The molecule has 8 atom stereocenters. The number of hydrogen-bond acceptors (Lipinski definition) is 6. The molecule has 4 N–H and O–H groups in total. The summed E-state index contributed by atoms with van der Waals surface area (Å²) >= 11 is 0. The Morgan fingerprint density at radius 1 is 1.02 bits per heavy atom. The maximum Gasteiger partial charge on any atom is 0.244 e. The predicted octanol–water partition coefficient (Wildman–Crippen LogP) is 4.11. The monoisotopic (exact) mass is 560 g/mol. The van der Waals surface area contributed by atoms with Crippen LogP contribution in [0.5, 0.6) is 0 Å². The number of carbonyl (C=O) groups excluding carboxylic acids is 2. The third kappa shape index (κ3) is 11.1. The molecule has 1 saturated carbocycles. The minimum Gasteiger partial charge on any atom is -0.396 e. The number of aliphatic hydroxyl groups excluding tert-OH is 2. The Kier molecular flexibility index (Phi) is 13.4. The smallest absolute Gasteiger partial charge is 0.244 e. The predicted molar refractivity (Wildman–Crippen MR) is 156 cm³/mol. The first-order valence-corrected chi connectivity index (χ1v) is 15.4. The fraction of sp³-hybridized carbons (Fsp3) is 0.750. The standard InChI is InChI=1S/C32H52N2O6/c1-21(11-14-30-22(2)16-29(24(4)39-30)34-31(37)15-12-23(3)36)10-13-27-17-25(20-35)18-28(40-27)19-32(38)33-26-8-6-5-7-9-26/h10-13,15,22-30,35-36H,5-9,14,16-20H2,1-4H3,(H,33,38)(H,34,37)/b13-10+,15-12-,21-11+/t22-,23-,24+,25-,27+,28-,29+,30-/m0/s1. The second kappa shape index (κ2) is 16.4. The molecule has 0 unspecified atom stereocenters. The molecule has 3 rings (SSSR count). The van der Waals surface area contributed by atoms with E-state index in [1.807, 2.05) is 6.92 Å². The fourth-order valence-electron chi connectivity index (χ4n) is 6.10. The minimum absolute atomic E-state index is 0.0585. The highest BCUT2D eigenvalue weighted by atomic mass is 16.5. The molecule has 0 aromatic rings. The molecule has 40 heavy (non-hydrogen) atoms. The van der Waals surface area contributed by atoms with Crippen molar-refractivity contribution < 1.29 is 29.3 Å². The maximum absolute atomic E-state index is 12.6. The van der Waals surface area contributed by atoms with Crippen LogP contribution in [0.3, 0.4) is 0 Å². The van der Waals surface area contributed by atoms with Crippen molar-refractivity contribution in [2.24, 2.45) is 11.8 Å². The third-order valence-corrected chi connectivity index (χ3v) is 8.49. The van der Waals surface area contributed by atoms with E-state index in [1.54, 1.807) is 6.92 Å². The number of rotatable bonds is 11. The number of hydrogen-bond donors (Lipinski definition) is 4. The highest BCUT2D eigenvalue weighted by Gasteiger charge is 2.34. The molecule has 2 aliphatic heterocycles. The summed E-state index contributed by atoms with van der Waals surface area (Å²) in [5.41, 5.74) is 1.11. The summed E-state index contributed by atoms with van der Waals surface area (Å²) in [6.07, 6.45) is 17.3. The molecule has 0 aromatic heterocycles. The van der Waals surface area contributed by atoms with E-state index in [-0.39, 0.29) is 60.7 Å². The number of nitrogens with one attached hydrogen (secondary N) is 2. The van der Waals surface area contributed by atoms with Crippen molar-refractivity contribution in [3.63, 3.8) is 0 Å². The van der Waals surface area contributed by atoms with Crippen LogP contribution in [-0.4, -0.2) is 71.2 Å². The van der Waals surface area contributed by atoms with E-state index >= 15 is 0 Å². The Hall–Kier alpha value is -2.00. The lowest BCUT2D eigenvalue weighted by molar-refractivity contribution is -0.128. The van der Waals surface area contributed by atoms with E-state index in [2.05, 4.69) is 42.7 Å². The van der Waals surface area contributed by atoms with Gasteiger partial charge in [-0.3, -0.25) is 9.59 Å². The van der Waals surface area contributed by atoms with Crippen LogP contribution in [0.15, 0.2) is 36.0 Å². The highest BCUT2D eigenvalue weighted by Crippen LogP contribution is 2.29.